The van der Waals surface area contributed by atoms with Gasteiger partial charge in [-0.05, 0) is 30.7 Å². The van der Waals surface area contributed by atoms with Crippen LogP contribution in [0.1, 0.15) is 11.1 Å². The van der Waals surface area contributed by atoms with Gasteiger partial charge < -0.3 is 14.8 Å². The van der Waals surface area contributed by atoms with Crippen LogP contribution in [-0.2, 0) is 14.3 Å². The smallest absolute Gasteiger partial charge is 0.278 e. The van der Waals surface area contributed by atoms with Crippen molar-refractivity contribution in [1.29, 1.82) is 0 Å². The normalized spacial score (nSPS) is 14.1. The SMILES string of the molecule is COCCN1C(=O)C(Nc2cccc(C)c2)=C(c2ccccc2OC)C1=O. The molecule has 6 heteroatoms. The summed E-state index contributed by atoms with van der Waals surface area (Å²) >= 11 is 0. The predicted molar refractivity (Wildman–Crippen MR) is 103 cm³/mol. The number of aryl methyl sites for hydroxylation is 1. The third-order valence-electron chi connectivity index (χ3n) is 4.35. The monoisotopic (exact) mass is 366 g/mol. The number of carbonyl (C=O) groups excluding carboxylic acids is 2. The van der Waals surface area contributed by atoms with Crippen LogP contribution in [-0.4, -0.2) is 44.1 Å². The first kappa shape index (κ1) is 18.7. The van der Waals surface area contributed by atoms with Crippen molar-refractivity contribution in [2.24, 2.45) is 0 Å². The summed E-state index contributed by atoms with van der Waals surface area (Å²) < 4.78 is 10.5. The zero-order chi connectivity index (χ0) is 19.4. The fourth-order valence-electron chi connectivity index (χ4n) is 3.05. The molecule has 0 radical (unpaired) electrons. The largest absolute Gasteiger partial charge is 0.496 e. The highest BCUT2D eigenvalue weighted by molar-refractivity contribution is 6.37. The highest BCUT2D eigenvalue weighted by Crippen LogP contribution is 2.35. The van der Waals surface area contributed by atoms with Crippen LogP contribution in [0, 0.1) is 6.92 Å². The molecule has 0 saturated heterocycles. The predicted octanol–water partition coefficient (Wildman–Crippen LogP) is 2.84. The topological polar surface area (TPSA) is 67.9 Å². The molecule has 140 valence electrons. The molecule has 0 bridgehead atoms. The van der Waals surface area contributed by atoms with Gasteiger partial charge in [-0.1, -0.05) is 30.3 Å². The number of imide groups is 1. The van der Waals surface area contributed by atoms with E-state index >= 15 is 0 Å². The van der Waals surface area contributed by atoms with Crippen molar-refractivity contribution in [1.82, 2.24) is 4.90 Å². The summed E-state index contributed by atoms with van der Waals surface area (Å²) in [6.45, 7) is 2.42. The van der Waals surface area contributed by atoms with Gasteiger partial charge in [0.05, 0.1) is 25.8 Å². The average molecular weight is 366 g/mol. The maximum atomic E-state index is 13.1. The van der Waals surface area contributed by atoms with Gasteiger partial charge in [0.25, 0.3) is 11.8 Å². The Balaban J connectivity index is 2.09. The minimum atomic E-state index is -0.375. The molecule has 0 spiro atoms. The van der Waals surface area contributed by atoms with Gasteiger partial charge >= 0.3 is 0 Å². The Labute approximate surface area is 158 Å². The van der Waals surface area contributed by atoms with Gasteiger partial charge in [-0.15, -0.1) is 0 Å². The number of amides is 2. The Morgan fingerprint density at radius 3 is 2.48 bits per heavy atom. The Bertz CT molecular complexity index is 905. The van der Waals surface area contributed by atoms with Gasteiger partial charge in [0, 0.05) is 18.4 Å². The van der Waals surface area contributed by atoms with E-state index in [9.17, 15) is 9.59 Å². The Morgan fingerprint density at radius 2 is 1.78 bits per heavy atom. The molecule has 0 aliphatic carbocycles. The van der Waals surface area contributed by atoms with Gasteiger partial charge in [-0.3, -0.25) is 14.5 Å². The fraction of sp³-hybridized carbons (Fsp3) is 0.238. The quantitative estimate of drug-likeness (QED) is 0.763. The van der Waals surface area contributed by atoms with Crippen LogP contribution in [0.15, 0.2) is 54.2 Å². The summed E-state index contributed by atoms with van der Waals surface area (Å²) in [5, 5.41) is 3.14. The number of benzene rings is 2. The van der Waals surface area contributed by atoms with E-state index in [1.54, 1.807) is 12.1 Å². The molecule has 0 aromatic heterocycles. The molecule has 0 unspecified atom stereocenters. The van der Waals surface area contributed by atoms with E-state index in [2.05, 4.69) is 5.32 Å². The number of methoxy groups -OCH3 is 2. The second-order valence-electron chi connectivity index (χ2n) is 6.20. The van der Waals surface area contributed by atoms with Crippen LogP contribution in [0.2, 0.25) is 0 Å². The van der Waals surface area contributed by atoms with E-state index < -0.39 is 0 Å². The number of hydrogen-bond donors (Lipinski definition) is 1. The molecular weight excluding hydrogens is 344 g/mol. The first-order valence-electron chi connectivity index (χ1n) is 8.63. The number of para-hydroxylation sites is 1. The summed E-state index contributed by atoms with van der Waals surface area (Å²) in [6, 6.07) is 14.8. The lowest BCUT2D eigenvalue weighted by molar-refractivity contribution is -0.137. The Morgan fingerprint density at radius 1 is 1.00 bits per heavy atom. The van der Waals surface area contributed by atoms with Crippen LogP contribution in [0.4, 0.5) is 5.69 Å². The van der Waals surface area contributed by atoms with Gasteiger partial charge in [-0.2, -0.15) is 0 Å². The lowest BCUT2D eigenvalue weighted by atomic mass is 10.0. The first-order chi connectivity index (χ1) is 13.1. The van der Waals surface area contributed by atoms with E-state index in [-0.39, 0.29) is 30.7 Å². The fourth-order valence-corrected chi connectivity index (χ4v) is 3.05. The molecule has 3 rings (SSSR count). The Kier molecular flexibility index (Phi) is 5.57. The minimum absolute atomic E-state index is 0.186. The van der Waals surface area contributed by atoms with Crippen molar-refractivity contribution in [3.8, 4) is 5.75 Å². The number of nitrogens with one attached hydrogen (secondary N) is 1. The van der Waals surface area contributed by atoms with E-state index in [1.165, 1.54) is 19.1 Å². The van der Waals surface area contributed by atoms with Crippen molar-refractivity contribution >= 4 is 23.1 Å². The van der Waals surface area contributed by atoms with Crippen LogP contribution in [0.25, 0.3) is 5.57 Å². The maximum Gasteiger partial charge on any atom is 0.278 e. The molecule has 6 nitrogen and oxygen atoms in total. The van der Waals surface area contributed by atoms with Crippen molar-refractivity contribution in [3.05, 3.63) is 65.4 Å². The molecule has 2 aromatic carbocycles. The van der Waals surface area contributed by atoms with Crippen LogP contribution >= 0.6 is 0 Å². The molecule has 27 heavy (non-hydrogen) atoms. The molecule has 0 saturated carbocycles. The number of hydrogen-bond acceptors (Lipinski definition) is 5. The van der Waals surface area contributed by atoms with Gasteiger partial charge in [0.2, 0.25) is 0 Å². The third kappa shape index (κ3) is 3.71. The van der Waals surface area contributed by atoms with E-state index in [1.807, 2.05) is 43.3 Å². The zero-order valence-electron chi connectivity index (χ0n) is 15.6. The van der Waals surface area contributed by atoms with Crippen molar-refractivity contribution in [2.75, 3.05) is 32.7 Å². The van der Waals surface area contributed by atoms with E-state index in [4.69, 9.17) is 9.47 Å². The highest BCUT2D eigenvalue weighted by atomic mass is 16.5. The lowest BCUT2D eigenvalue weighted by Gasteiger charge is -2.14. The molecule has 2 amide bonds. The maximum absolute atomic E-state index is 13.1. The van der Waals surface area contributed by atoms with Crippen LogP contribution in [0.5, 0.6) is 5.75 Å². The summed E-state index contributed by atoms with van der Waals surface area (Å²) in [4.78, 5) is 27.2. The van der Waals surface area contributed by atoms with E-state index in [0.717, 1.165) is 11.3 Å². The lowest BCUT2D eigenvalue weighted by Crippen LogP contribution is -2.35. The average Bonchev–Trinajstić information content (AvgIpc) is 2.90. The molecule has 1 heterocycles. The van der Waals surface area contributed by atoms with Crippen LogP contribution < -0.4 is 10.1 Å². The summed E-state index contributed by atoms with van der Waals surface area (Å²) in [7, 11) is 3.07. The zero-order valence-corrected chi connectivity index (χ0v) is 15.6. The van der Waals surface area contributed by atoms with Gasteiger partial charge in [-0.25, -0.2) is 0 Å². The Hall–Kier alpha value is -3.12. The van der Waals surface area contributed by atoms with E-state index in [0.29, 0.717) is 16.9 Å². The molecule has 1 aliphatic heterocycles. The van der Waals surface area contributed by atoms with Crippen molar-refractivity contribution < 1.29 is 19.1 Å². The summed E-state index contributed by atoms with van der Waals surface area (Å²) in [5.74, 6) is -0.207. The second kappa shape index (κ2) is 8.05. The second-order valence-corrected chi connectivity index (χ2v) is 6.20. The summed E-state index contributed by atoms with van der Waals surface area (Å²) in [5.41, 5.74) is 2.91. The minimum Gasteiger partial charge on any atom is -0.496 e. The van der Waals surface area contributed by atoms with Crippen molar-refractivity contribution in [2.45, 2.75) is 6.92 Å². The molecule has 0 fully saturated rings. The molecule has 0 atom stereocenters. The number of nitrogens with zero attached hydrogens (tertiary/aromatic N) is 1. The van der Waals surface area contributed by atoms with Crippen LogP contribution in [0.3, 0.4) is 0 Å². The number of rotatable bonds is 7. The van der Waals surface area contributed by atoms with Gasteiger partial charge in [0.15, 0.2) is 0 Å². The molecule has 1 N–H and O–H groups in total. The first-order valence-corrected chi connectivity index (χ1v) is 8.63. The van der Waals surface area contributed by atoms with Gasteiger partial charge in [0.1, 0.15) is 11.4 Å². The highest BCUT2D eigenvalue weighted by Gasteiger charge is 2.39. The van der Waals surface area contributed by atoms with Crippen molar-refractivity contribution in [3.63, 3.8) is 0 Å². The molecular formula is C21H22N2O4. The molecule has 2 aromatic rings. The molecule has 1 aliphatic rings. The standard InChI is InChI=1S/C21H22N2O4/c1-14-7-6-8-15(13-14)22-19-18(16-9-4-5-10-17(16)27-3)20(24)23(21(19)25)11-12-26-2/h4-10,13,22H,11-12H2,1-3H3. The number of carbonyl (C=O) groups is 2. The summed E-state index contributed by atoms with van der Waals surface area (Å²) in [6.07, 6.45) is 0. The number of anilines is 1. The third-order valence-corrected chi connectivity index (χ3v) is 4.35. The number of ether oxygens (including phenoxy) is 2.